The van der Waals surface area contributed by atoms with Crippen molar-refractivity contribution in [3.05, 3.63) is 28.9 Å². The van der Waals surface area contributed by atoms with Crippen LogP contribution >= 0.6 is 11.3 Å². The number of benzene rings is 1. The lowest BCUT2D eigenvalue weighted by atomic mass is 10.1. The molecular formula is C11H12FNOS. The van der Waals surface area contributed by atoms with Gasteiger partial charge in [-0.25, -0.2) is 4.39 Å². The first kappa shape index (κ1) is 10.4. The zero-order valence-electron chi connectivity index (χ0n) is 8.42. The average molecular weight is 225 g/mol. The number of ether oxygens (including phenoxy) is 1. The van der Waals surface area contributed by atoms with Crippen molar-refractivity contribution in [2.45, 2.75) is 6.42 Å². The van der Waals surface area contributed by atoms with Crippen LogP contribution in [0.1, 0.15) is 5.56 Å². The molecule has 0 amide bonds. The fourth-order valence-electron chi connectivity index (χ4n) is 1.59. The van der Waals surface area contributed by atoms with Gasteiger partial charge in [0.15, 0.2) is 11.6 Å². The Bertz CT molecular complexity index is 481. The number of methoxy groups -OCH3 is 1. The summed E-state index contributed by atoms with van der Waals surface area (Å²) in [4.78, 5) is 0. The molecule has 0 fully saturated rings. The van der Waals surface area contributed by atoms with Gasteiger partial charge >= 0.3 is 0 Å². The summed E-state index contributed by atoms with van der Waals surface area (Å²) in [5.74, 6) is -0.0229. The van der Waals surface area contributed by atoms with E-state index >= 15 is 0 Å². The van der Waals surface area contributed by atoms with Crippen LogP contribution in [0.15, 0.2) is 17.5 Å². The summed E-state index contributed by atoms with van der Waals surface area (Å²) < 4.78 is 19.3. The van der Waals surface area contributed by atoms with E-state index in [2.05, 4.69) is 0 Å². The van der Waals surface area contributed by atoms with E-state index in [4.69, 9.17) is 10.5 Å². The highest BCUT2D eigenvalue weighted by molar-refractivity contribution is 7.17. The van der Waals surface area contributed by atoms with Crippen molar-refractivity contribution >= 4 is 21.4 Å². The molecule has 4 heteroatoms. The Kier molecular flexibility index (Phi) is 2.88. The van der Waals surface area contributed by atoms with Crippen LogP contribution in [-0.2, 0) is 6.42 Å². The second kappa shape index (κ2) is 4.16. The van der Waals surface area contributed by atoms with E-state index in [9.17, 15) is 4.39 Å². The molecule has 0 aliphatic carbocycles. The first-order valence-electron chi connectivity index (χ1n) is 4.70. The third kappa shape index (κ3) is 1.82. The minimum absolute atomic E-state index is 0.291. The monoisotopic (exact) mass is 225 g/mol. The first-order chi connectivity index (χ1) is 7.26. The maximum atomic E-state index is 13.4. The zero-order valence-corrected chi connectivity index (χ0v) is 9.23. The average Bonchev–Trinajstić information content (AvgIpc) is 2.60. The lowest BCUT2D eigenvalue weighted by molar-refractivity contribution is 0.387. The topological polar surface area (TPSA) is 35.2 Å². The van der Waals surface area contributed by atoms with Crippen LogP contribution < -0.4 is 10.5 Å². The first-order valence-corrected chi connectivity index (χ1v) is 5.58. The summed E-state index contributed by atoms with van der Waals surface area (Å²) >= 11 is 1.54. The highest BCUT2D eigenvalue weighted by atomic mass is 32.1. The second-order valence-corrected chi connectivity index (χ2v) is 4.19. The molecule has 2 N–H and O–H groups in total. The van der Waals surface area contributed by atoms with Crippen molar-refractivity contribution in [3.63, 3.8) is 0 Å². The number of thiophene rings is 1. The summed E-state index contributed by atoms with van der Waals surface area (Å²) in [6.45, 7) is 0.603. The molecule has 2 nitrogen and oxygen atoms in total. The largest absolute Gasteiger partial charge is 0.494 e. The predicted octanol–water partition coefficient (Wildman–Crippen LogP) is 2.55. The molecule has 15 heavy (non-hydrogen) atoms. The standard InChI is InChI=1S/C11H12FNOS/c1-14-10-4-8-7(2-3-13)6-15-11(8)5-9(10)12/h4-6H,2-3,13H2,1H3. The molecule has 0 saturated heterocycles. The fraction of sp³-hybridized carbons (Fsp3) is 0.273. The van der Waals surface area contributed by atoms with Gasteiger partial charge in [-0.3, -0.25) is 0 Å². The van der Waals surface area contributed by atoms with Crippen molar-refractivity contribution in [3.8, 4) is 5.75 Å². The lowest BCUT2D eigenvalue weighted by Gasteiger charge is -2.02. The van der Waals surface area contributed by atoms with Crippen molar-refractivity contribution in [1.82, 2.24) is 0 Å². The van der Waals surface area contributed by atoms with E-state index in [0.717, 1.165) is 22.1 Å². The molecule has 2 aromatic rings. The Morgan fingerprint density at radius 2 is 2.27 bits per heavy atom. The highest BCUT2D eigenvalue weighted by Gasteiger charge is 2.09. The molecule has 0 saturated carbocycles. The van der Waals surface area contributed by atoms with Crippen molar-refractivity contribution in [2.75, 3.05) is 13.7 Å². The van der Waals surface area contributed by atoms with Gasteiger partial charge < -0.3 is 10.5 Å². The van der Waals surface area contributed by atoms with Gasteiger partial charge in [0.1, 0.15) is 0 Å². The van der Waals surface area contributed by atoms with Crippen LogP contribution in [0.25, 0.3) is 10.1 Å². The highest BCUT2D eigenvalue weighted by Crippen LogP contribution is 2.31. The van der Waals surface area contributed by atoms with E-state index in [1.807, 2.05) is 5.38 Å². The third-order valence-electron chi connectivity index (χ3n) is 2.34. The summed E-state index contributed by atoms with van der Waals surface area (Å²) in [7, 11) is 1.47. The number of halogens is 1. The maximum Gasteiger partial charge on any atom is 0.166 e. The number of rotatable bonds is 3. The summed E-state index contributed by atoms with van der Waals surface area (Å²) in [5.41, 5.74) is 6.67. The maximum absolute atomic E-state index is 13.4. The van der Waals surface area contributed by atoms with Gasteiger partial charge in [0.25, 0.3) is 0 Å². The van der Waals surface area contributed by atoms with Crippen molar-refractivity contribution < 1.29 is 9.13 Å². The molecular weight excluding hydrogens is 213 g/mol. The van der Waals surface area contributed by atoms with Gasteiger partial charge in [0.2, 0.25) is 0 Å². The Morgan fingerprint density at radius 1 is 1.47 bits per heavy atom. The van der Waals surface area contributed by atoms with Crippen LogP contribution in [0.3, 0.4) is 0 Å². The molecule has 1 heterocycles. The van der Waals surface area contributed by atoms with E-state index in [-0.39, 0.29) is 5.82 Å². The predicted molar refractivity (Wildman–Crippen MR) is 61.1 cm³/mol. The van der Waals surface area contributed by atoms with E-state index in [0.29, 0.717) is 12.3 Å². The minimum Gasteiger partial charge on any atom is -0.494 e. The van der Waals surface area contributed by atoms with E-state index < -0.39 is 0 Å². The zero-order chi connectivity index (χ0) is 10.8. The summed E-state index contributed by atoms with van der Waals surface area (Å²) in [5, 5.41) is 3.07. The SMILES string of the molecule is COc1cc2c(CCN)csc2cc1F. The molecule has 0 unspecified atom stereocenters. The minimum atomic E-state index is -0.314. The van der Waals surface area contributed by atoms with Crippen LogP contribution in [-0.4, -0.2) is 13.7 Å². The second-order valence-electron chi connectivity index (χ2n) is 3.28. The van der Waals surface area contributed by atoms with Crippen LogP contribution in [0.5, 0.6) is 5.75 Å². The Morgan fingerprint density at radius 3 is 2.93 bits per heavy atom. The Balaban J connectivity index is 2.58. The summed E-state index contributed by atoms with van der Waals surface area (Å²) in [6, 6.07) is 3.25. The molecule has 0 aliphatic heterocycles. The normalized spacial score (nSPS) is 10.9. The number of hydrogen-bond donors (Lipinski definition) is 1. The number of nitrogens with two attached hydrogens (primary N) is 1. The third-order valence-corrected chi connectivity index (χ3v) is 3.34. The van der Waals surface area contributed by atoms with Crippen molar-refractivity contribution in [2.24, 2.45) is 5.73 Å². The van der Waals surface area contributed by atoms with Crippen LogP contribution in [0, 0.1) is 5.82 Å². The number of hydrogen-bond acceptors (Lipinski definition) is 3. The molecule has 2 rings (SSSR count). The Hall–Kier alpha value is -1.13. The molecule has 0 radical (unpaired) electrons. The molecule has 0 spiro atoms. The Labute approximate surface area is 91.5 Å². The quantitative estimate of drug-likeness (QED) is 0.871. The van der Waals surface area contributed by atoms with Gasteiger partial charge in [-0.15, -0.1) is 11.3 Å². The van der Waals surface area contributed by atoms with Gasteiger partial charge in [0.05, 0.1) is 7.11 Å². The molecule has 1 aromatic carbocycles. The molecule has 0 aliphatic rings. The van der Waals surface area contributed by atoms with E-state index in [1.54, 1.807) is 6.07 Å². The van der Waals surface area contributed by atoms with Crippen molar-refractivity contribution in [1.29, 1.82) is 0 Å². The van der Waals surface area contributed by atoms with Crippen LogP contribution in [0.4, 0.5) is 4.39 Å². The molecule has 1 aromatic heterocycles. The summed E-state index contributed by atoms with van der Waals surface area (Å²) in [6.07, 6.45) is 0.814. The van der Waals surface area contributed by atoms with Crippen LogP contribution in [0.2, 0.25) is 0 Å². The fourth-order valence-corrected chi connectivity index (χ4v) is 2.59. The van der Waals surface area contributed by atoms with E-state index in [1.165, 1.54) is 24.5 Å². The molecule has 80 valence electrons. The smallest absolute Gasteiger partial charge is 0.166 e. The van der Waals surface area contributed by atoms with Gasteiger partial charge in [0, 0.05) is 4.70 Å². The van der Waals surface area contributed by atoms with Gasteiger partial charge in [-0.2, -0.15) is 0 Å². The van der Waals surface area contributed by atoms with Gasteiger partial charge in [-0.1, -0.05) is 0 Å². The lowest BCUT2D eigenvalue weighted by Crippen LogP contribution is -2.01. The molecule has 0 atom stereocenters. The molecule has 0 bridgehead atoms. The van der Waals surface area contributed by atoms with Gasteiger partial charge in [-0.05, 0) is 41.4 Å². The number of fused-ring (bicyclic) bond motifs is 1.